The number of aromatic nitrogens is 15. The molecule has 3 aliphatic heterocycles. The van der Waals surface area contributed by atoms with E-state index < -0.39 is 0 Å². The van der Waals surface area contributed by atoms with E-state index in [2.05, 4.69) is 60.6 Å². The third kappa shape index (κ3) is 12.9. The highest BCUT2D eigenvalue weighted by Gasteiger charge is 2.31. The highest BCUT2D eigenvalue weighted by Crippen LogP contribution is 2.43. The van der Waals surface area contributed by atoms with Crippen LogP contribution in [0.4, 0.5) is 11.4 Å². The molecule has 24 heteroatoms. The molecule has 5 fully saturated rings. The minimum Gasteiger partial charge on any atom is -0.395 e. The lowest BCUT2D eigenvalue weighted by molar-refractivity contribution is 0.189. The van der Waals surface area contributed by atoms with Gasteiger partial charge in [-0.3, -0.25) is 47.4 Å². The van der Waals surface area contributed by atoms with Gasteiger partial charge in [0, 0.05) is 108 Å². The predicted octanol–water partition coefficient (Wildman–Crippen LogP) is 8.05. The molecule has 0 atom stereocenters. The van der Waals surface area contributed by atoms with E-state index in [9.17, 15) is 14.4 Å². The minimum absolute atomic E-state index is 0.0756. The van der Waals surface area contributed by atoms with E-state index in [4.69, 9.17) is 40.2 Å². The number of hydrogen-bond acceptors (Lipinski definition) is 18. The largest absolute Gasteiger partial charge is 0.395 e. The fraction of sp³-hybridized carbons (Fsp3) is 0.417. The summed E-state index contributed by atoms with van der Waals surface area (Å²) >= 11 is 0. The molecule has 96 heavy (non-hydrogen) atoms. The number of rotatable bonds is 13. The Morgan fingerprint density at radius 1 is 0.406 bits per heavy atom. The van der Waals surface area contributed by atoms with Gasteiger partial charge in [0.2, 0.25) is 0 Å². The summed E-state index contributed by atoms with van der Waals surface area (Å²) in [6, 6.07) is 22.7. The molecule has 3 saturated heterocycles. The van der Waals surface area contributed by atoms with E-state index in [1.807, 2.05) is 121 Å². The highest BCUT2D eigenvalue weighted by molar-refractivity contribution is 5.70. The summed E-state index contributed by atoms with van der Waals surface area (Å²) in [4.78, 5) is 79.0. The normalized spacial score (nSPS) is 16.9. The van der Waals surface area contributed by atoms with E-state index in [-0.39, 0.29) is 23.3 Å². The van der Waals surface area contributed by atoms with Crippen molar-refractivity contribution < 1.29 is 5.11 Å². The number of piperazine rings is 2. The van der Waals surface area contributed by atoms with Crippen LogP contribution in [0.1, 0.15) is 116 Å². The monoisotopic (exact) mass is 1290 g/mol. The quantitative estimate of drug-likeness (QED) is 0.115. The van der Waals surface area contributed by atoms with Crippen LogP contribution < -0.4 is 26.5 Å². The van der Waals surface area contributed by atoms with E-state index in [0.29, 0.717) is 75.4 Å². The third-order valence-corrected chi connectivity index (χ3v) is 19.6. The van der Waals surface area contributed by atoms with Crippen molar-refractivity contribution in [3.63, 3.8) is 0 Å². The van der Waals surface area contributed by atoms with Crippen LogP contribution in [-0.2, 0) is 0 Å². The van der Waals surface area contributed by atoms with Crippen LogP contribution in [0.2, 0.25) is 0 Å². The summed E-state index contributed by atoms with van der Waals surface area (Å²) in [5, 5.41) is 23.2. The molecule has 0 amide bonds. The Balaban J connectivity index is 0.000000118. The Hall–Kier alpha value is -9.62. The van der Waals surface area contributed by atoms with Crippen molar-refractivity contribution >= 4 is 44.9 Å². The van der Waals surface area contributed by atoms with Crippen LogP contribution in [-0.4, -0.2) is 183 Å². The molecular weight excluding hydrogens is 1210 g/mol. The van der Waals surface area contributed by atoms with Crippen LogP contribution in [0, 0.1) is 27.7 Å². The number of hydrogen-bond donors (Lipinski definition) is 1. The van der Waals surface area contributed by atoms with Crippen molar-refractivity contribution in [1.82, 2.24) is 86.6 Å². The average molecular weight is 1290 g/mol. The van der Waals surface area contributed by atoms with Crippen molar-refractivity contribution in [2.75, 3.05) is 101 Å². The first-order valence-corrected chi connectivity index (χ1v) is 34.2. The van der Waals surface area contributed by atoms with Gasteiger partial charge in [-0.15, -0.1) is 0 Å². The number of likely N-dealkylation sites (N-methyl/N-ethyl adjacent to an activating group) is 1. The molecule has 2 aliphatic carbocycles. The van der Waals surface area contributed by atoms with Crippen molar-refractivity contribution in [3.05, 3.63) is 181 Å². The first kappa shape index (κ1) is 62.5. The molecule has 0 spiro atoms. The highest BCUT2D eigenvalue weighted by atomic mass is 16.3. The number of pyridine rings is 3. The van der Waals surface area contributed by atoms with Crippen LogP contribution in [0.25, 0.3) is 67.7 Å². The van der Waals surface area contributed by atoms with Crippen molar-refractivity contribution in [3.8, 4) is 34.2 Å². The number of anilines is 2. The number of aliphatic hydroxyl groups is 1. The second-order valence-corrected chi connectivity index (χ2v) is 26.6. The van der Waals surface area contributed by atoms with Crippen molar-refractivity contribution in [1.29, 1.82) is 0 Å². The number of β-amino-alcohol motifs (C(OH)–C–C–N with tert-alkyl or cyclic N) is 1. The topological polar surface area (TPSA) is 230 Å². The van der Waals surface area contributed by atoms with E-state index in [0.717, 1.165) is 147 Å². The van der Waals surface area contributed by atoms with E-state index in [1.54, 1.807) is 31.4 Å². The third-order valence-electron chi connectivity index (χ3n) is 19.6. The Labute approximate surface area is 554 Å². The second kappa shape index (κ2) is 26.2. The summed E-state index contributed by atoms with van der Waals surface area (Å²) in [6.45, 7) is 25.3. The molecular formula is C72H82N20O4. The second-order valence-electron chi connectivity index (χ2n) is 26.6. The SMILES string of the molecule is CCCN1CCC(c2ccc3nc(-c4cc5c(C)nc(C)cn5n4)cc(=O)n3c2)CC1.CCN1CCN(c2ccc3nc(-c4cc5c(C6CC6)nc(C)cn5n4)cc(=O)n3c2)CC1.Cc1cn2nc(-c3cc(=O)n4cc(N5CCN(CCO)CC5)ccc4n3)cc2c(C2CC2)n1. The molecule has 2 saturated carbocycles. The molecule has 0 aromatic carbocycles. The number of aliphatic hydroxyl groups excluding tert-OH is 1. The summed E-state index contributed by atoms with van der Waals surface area (Å²) < 4.78 is 10.5. The van der Waals surface area contributed by atoms with Gasteiger partial charge in [0.1, 0.15) is 34.0 Å². The van der Waals surface area contributed by atoms with Gasteiger partial charge in [0.05, 0.1) is 104 Å². The number of likely N-dealkylation sites (tertiary alicyclic amines) is 1. The van der Waals surface area contributed by atoms with Gasteiger partial charge in [-0.05, 0) is 159 Å². The lowest BCUT2D eigenvalue weighted by Crippen LogP contribution is -2.47. The lowest BCUT2D eigenvalue weighted by atomic mass is 9.90. The summed E-state index contributed by atoms with van der Waals surface area (Å²) in [7, 11) is 0. The molecule has 0 bridgehead atoms. The molecule has 12 aromatic rings. The zero-order chi connectivity index (χ0) is 65.9. The van der Waals surface area contributed by atoms with Crippen LogP contribution >= 0.6 is 0 Å². The number of fused-ring (bicyclic) bond motifs is 6. The Kier molecular flexibility index (Phi) is 17.0. The maximum absolute atomic E-state index is 13.0. The zero-order valence-electron chi connectivity index (χ0n) is 55.6. The van der Waals surface area contributed by atoms with Gasteiger partial charge in [-0.2, -0.15) is 15.3 Å². The Bertz CT molecular complexity index is 5090. The Morgan fingerprint density at radius 3 is 1.27 bits per heavy atom. The lowest BCUT2D eigenvalue weighted by Gasteiger charge is -2.35. The first-order valence-electron chi connectivity index (χ1n) is 34.2. The molecule has 17 rings (SSSR count). The maximum Gasteiger partial charge on any atom is 0.258 e. The average Bonchev–Trinajstić information content (AvgIpc) is 1.62. The molecule has 24 nitrogen and oxygen atoms in total. The van der Waals surface area contributed by atoms with Gasteiger partial charge in [0.25, 0.3) is 16.7 Å². The molecule has 15 heterocycles. The maximum atomic E-state index is 13.0. The molecule has 1 N–H and O–H groups in total. The summed E-state index contributed by atoms with van der Waals surface area (Å²) in [5.41, 5.74) is 17.6. The fourth-order valence-electron chi connectivity index (χ4n) is 14.1. The van der Waals surface area contributed by atoms with E-state index >= 15 is 0 Å². The molecule has 5 aliphatic rings. The predicted molar refractivity (Wildman–Crippen MR) is 372 cm³/mol. The molecule has 494 valence electrons. The first-order chi connectivity index (χ1) is 46.7. The number of nitrogens with zero attached hydrogens (tertiary/aromatic N) is 20. The van der Waals surface area contributed by atoms with Crippen LogP contribution in [0.3, 0.4) is 0 Å². The van der Waals surface area contributed by atoms with E-state index in [1.165, 1.54) is 44.2 Å². The van der Waals surface area contributed by atoms with Gasteiger partial charge in [0.15, 0.2) is 0 Å². The van der Waals surface area contributed by atoms with Gasteiger partial charge in [-0.25, -0.2) is 28.5 Å². The van der Waals surface area contributed by atoms with Crippen molar-refractivity contribution in [2.45, 2.75) is 104 Å². The zero-order valence-corrected chi connectivity index (χ0v) is 55.6. The standard InChI is InChI=1S/C24H27N7O2.C24H27N7O.C24H28N6O/c1-16-14-31-21(24(25-16)17-2-3-17)12-20(27-31)19-13-23(33)30-15-18(4-5-22(30)26-19)29-8-6-28(7-9-29)10-11-32;1-3-28-8-10-29(11-9-28)18-6-7-22-26-19(13-23(32)30(22)15-18)20-12-21-24(17-4-5-17)25-16(2)14-31(21)27-20;1-4-9-28-10-7-18(8-11-28)19-5-6-23-26-20(13-24(31)29(23)15-19)21-12-22-17(3)25-16(2)14-30(22)27-21/h4-5,12-15,17,32H,2-3,6-11H2,1H3;6-7,12-15,17H,3-5,8-11H2,1-2H3;5-6,12-15,18H,4,7-11H2,1-3H3. The number of piperidine rings is 1. The van der Waals surface area contributed by atoms with Crippen LogP contribution in [0.5, 0.6) is 0 Å². The van der Waals surface area contributed by atoms with Gasteiger partial charge < -0.3 is 24.7 Å². The summed E-state index contributed by atoms with van der Waals surface area (Å²) in [6.07, 6.45) is 19.7. The minimum atomic E-state index is -0.121. The summed E-state index contributed by atoms with van der Waals surface area (Å²) in [5.74, 6) is 1.53. The smallest absolute Gasteiger partial charge is 0.258 e. The molecule has 12 aromatic heterocycles. The number of aryl methyl sites for hydroxylation is 4. The molecule has 0 unspecified atom stereocenters. The molecule has 0 radical (unpaired) electrons. The van der Waals surface area contributed by atoms with Gasteiger partial charge in [-0.1, -0.05) is 19.9 Å². The Morgan fingerprint density at radius 2 is 0.823 bits per heavy atom. The van der Waals surface area contributed by atoms with Crippen LogP contribution in [0.15, 0.2) is 124 Å². The van der Waals surface area contributed by atoms with Crippen molar-refractivity contribution in [2.24, 2.45) is 0 Å². The fourth-order valence-corrected chi connectivity index (χ4v) is 14.1. The van der Waals surface area contributed by atoms with Gasteiger partial charge >= 0.3 is 0 Å².